The molecule has 1 saturated heterocycles. The van der Waals surface area contributed by atoms with Gasteiger partial charge in [0.2, 0.25) is 5.69 Å². The van der Waals surface area contributed by atoms with Gasteiger partial charge in [0.25, 0.3) is 0 Å². The van der Waals surface area contributed by atoms with E-state index in [4.69, 9.17) is 9.47 Å². The first kappa shape index (κ1) is 25.2. The average Bonchev–Trinajstić information content (AvgIpc) is 3.24. The maximum Gasteiger partial charge on any atom is 0.410 e. The molecule has 1 aromatic heterocycles. The van der Waals surface area contributed by atoms with Gasteiger partial charge in [-0.1, -0.05) is 12.1 Å². The fraction of sp³-hybridized carbons (Fsp3) is 0.522. The molecule has 1 unspecified atom stereocenters. The predicted octanol–water partition coefficient (Wildman–Crippen LogP) is 3.87. The second-order valence-corrected chi connectivity index (χ2v) is 9.06. The van der Waals surface area contributed by atoms with Crippen molar-refractivity contribution >= 4 is 17.7 Å². The molecule has 1 amide bonds. The monoisotopic (exact) mass is 474 g/mol. The minimum atomic E-state index is -0.876. The van der Waals surface area contributed by atoms with Crippen LogP contribution in [0.25, 0.3) is 5.69 Å². The molecule has 1 aliphatic heterocycles. The lowest BCUT2D eigenvalue weighted by Crippen LogP contribution is -2.48. The molecule has 34 heavy (non-hydrogen) atoms. The van der Waals surface area contributed by atoms with Crippen LogP contribution in [-0.2, 0) is 20.8 Å². The lowest BCUT2D eigenvalue weighted by atomic mass is 10.0. The largest absolute Gasteiger partial charge is 0.464 e. The van der Waals surface area contributed by atoms with Crippen molar-refractivity contribution in [2.24, 2.45) is 0 Å². The van der Waals surface area contributed by atoms with Gasteiger partial charge in [-0.15, -0.1) is 0 Å². The van der Waals surface area contributed by atoms with Crippen LogP contribution in [0.5, 0.6) is 0 Å². The maximum absolute atomic E-state index is 12.5. The molecule has 1 aliphatic rings. The van der Waals surface area contributed by atoms with Gasteiger partial charge in [-0.05, 0) is 57.7 Å². The highest BCUT2D eigenvalue weighted by molar-refractivity contribution is 5.91. The molecule has 0 aliphatic carbocycles. The van der Waals surface area contributed by atoms with E-state index in [9.17, 15) is 19.7 Å². The van der Waals surface area contributed by atoms with Gasteiger partial charge in [0.15, 0.2) is 0 Å². The van der Waals surface area contributed by atoms with Crippen molar-refractivity contribution < 1.29 is 28.7 Å². The summed E-state index contributed by atoms with van der Waals surface area (Å²) in [5.74, 6) is -0.876. The topological polar surface area (TPSA) is 126 Å². The first-order valence-corrected chi connectivity index (χ1v) is 11.1. The highest BCUT2D eigenvalue weighted by Crippen LogP contribution is 2.22. The molecule has 11 heteroatoms. The van der Waals surface area contributed by atoms with E-state index >= 15 is 0 Å². The summed E-state index contributed by atoms with van der Waals surface area (Å²) in [4.78, 5) is 36.6. The van der Waals surface area contributed by atoms with Crippen molar-refractivity contribution in [2.75, 3.05) is 20.3 Å². The smallest absolute Gasteiger partial charge is 0.410 e. The van der Waals surface area contributed by atoms with Gasteiger partial charge in [0, 0.05) is 6.54 Å². The van der Waals surface area contributed by atoms with Crippen molar-refractivity contribution in [2.45, 2.75) is 58.3 Å². The molecule has 0 spiro atoms. The molecule has 3 rings (SSSR count). The second-order valence-electron chi connectivity index (χ2n) is 9.06. The van der Waals surface area contributed by atoms with Crippen LogP contribution >= 0.6 is 0 Å². The van der Waals surface area contributed by atoms with Gasteiger partial charge in [0.05, 0.1) is 37.0 Å². The number of carbonyl (C=O) groups excluding carboxylic acids is 2. The summed E-state index contributed by atoms with van der Waals surface area (Å²) < 4.78 is 17.2. The molecular formula is C23H30N4O7. The number of likely N-dealkylation sites (tertiary alicyclic amines) is 1. The van der Waals surface area contributed by atoms with Crippen LogP contribution in [0.3, 0.4) is 0 Å². The minimum Gasteiger partial charge on any atom is -0.464 e. The summed E-state index contributed by atoms with van der Waals surface area (Å²) in [5.41, 5.74) is 0.0979. The Hall–Kier alpha value is -3.47. The van der Waals surface area contributed by atoms with Crippen molar-refractivity contribution in [3.63, 3.8) is 0 Å². The number of hydrogen-bond acceptors (Lipinski definition) is 8. The Balaban J connectivity index is 1.60. The predicted molar refractivity (Wildman–Crippen MR) is 122 cm³/mol. The zero-order valence-electron chi connectivity index (χ0n) is 19.9. The number of rotatable bonds is 7. The summed E-state index contributed by atoms with van der Waals surface area (Å²) in [6, 6.07) is 7.04. The van der Waals surface area contributed by atoms with E-state index in [1.54, 1.807) is 17.0 Å². The average molecular weight is 475 g/mol. The Kier molecular flexibility index (Phi) is 7.87. The Morgan fingerprint density at radius 1 is 1.21 bits per heavy atom. The van der Waals surface area contributed by atoms with E-state index in [1.165, 1.54) is 10.9 Å². The number of piperidine rings is 1. The minimum absolute atomic E-state index is 0.0377. The van der Waals surface area contributed by atoms with E-state index < -0.39 is 22.2 Å². The van der Waals surface area contributed by atoms with Gasteiger partial charge in [-0.25, -0.2) is 14.3 Å². The number of esters is 1. The van der Waals surface area contributed by atoms with E-state index in [-0.39, 0.29) is 17.8 Å². The van der Waals surface area contributed by atoms with E-state index in [0.717, 1.165) is 31.9 Å². The van der Waals surface area contributed by atoms with Gasteiger partial charge in [0.1, 0.15) is 11.8 Å². The van der Waals surface area contributed by atoms with Crippen LogP contribution in [0.15, 0.2) is 30.5 Å². The maximum atomic E-state index is 12.5. The number of amides is 1. The molecule has 184 valence electrons. The molecule has 1 atom stereocenters. The molecule has 0 N–H and O–H groups in total. The molecule has 11 nitrogen and oxygen atoms in total. The van der Waals surface area contributed by atoms with Crippen molar-refractivity contribution in [3.8, 4) is 5.69 Å². The molecule has 1 aromatic carbocycles. The second kappa shape index (κ2) is 10.6. The Morgan fingerprint density at radius 3 is 2.53 bits per heavy atom. The van der Waals surface area contributed by atoms with Crippen LogP contribution in [0, 0.1) is 10.1 Å². The molecular weight excluding hydrogens is 444 g/mol. The fourth-order valence-corrected chi connectivity index (χ4v) is 3.67. The normalized spacial score (nSPS) is 16.2. The Morgan fingerprint density at radius 2 is 1.91 bits per heavy atom. The number of carbonyl (C=O) groups is 2. The van der Waals surface area contributed by atoms with E-state index in [1.807, 2.05) is 32.9 Å². The first-order valence-electron chi connectivity index (χ1n) is 11.1. The lowest BCUT2D eigenvalue weighted by Gasteiger charge is -2.36. The van der Waals surface area contributed by atoms with Crippen LogP contribution in [0.1, 0.15) is 56.1 Å². The third kappa shape index (κ3) is 6.31. The number of ether oxygens (including phenoxy) is 3. The third-order valence-corrected chi connectivity index (χ3v) is 5.31. The van der Waals surface area contributed by atoms with Crippen LogP contribution in [0.2, 0.25) is 0 Å². The Bertz CT molecular complexity index is 1030. The van der Waals surface area contributed by atoms with Gasteiger partial charge >= 0.3 is 17.7 Å². The Labute approximate surface area is 197 Å². The summed E-state index contributed by atoms with van der Waals surface area (Å²) in [6.07, 6.45) is 3.70. The summed E-state index contributed by atoms with van der Waals surface area (Å²) >= 11 is 0. The zero-order chi connectivity index (χ0) is 24.9. The van der Waals surface area contributed by atoms with Crippen molar-refractivity contribution in [3.05, 3.63) is 51.8 Å². The number of hydrogen-bond donors (Lipinski definition) is 0. The fourth-order valence-electron chi connectivity index (χ4n) is 3.67. The summed E-state index contributed by atoms with van der Waals surface area (Å²) in [6.45, 7) is 6.94. The van der Waals surface area contributed by atoms with Crippen molar-refractivity contribution in [1.29, 1.82) is 0 Å². The number of methoxy groups -OCH3 is 1. The summed E-state index contributed by atoms with van der Waals surface area (Å²) in [7, 11) is 1.14. The molecule has 0 radical (unpaired) electrons. The molecule has 2 heterocycles. The number of benzene rings is 1. The van der Waals surface area contributed by atoms with Gasteiger partial charge in [-0.2, -0.15) is 5.10 Å². The van der Waals surface area contributed by atoms with Gasteiger partial charge < -0.3 is 19.1 Å². The molecule has 0 saturated carbocycles. The van der Waals surface area contributed by atoms with Gasteiger partial charge in [-0.3, -0.25) is 10.1 Å². The van der Waals surface area contributed by atoms with E-state index in [0.29, 0.717) is 25.4 Å². The zero-order valence-corrected chi connectivity index (χ0v) is 19.9. The first-order chi connectivity index (χ1) is 16.1. The highest BCUT2D eigenvalue weighted by Gasteiger charge is 2.30. The summed E-state index contributed by atoms with van der Waals surface area (Å²) in [5, 5.41) is 15.2. The molecule has 0 bridgehead atoms. The van der Waals surface area contributed by atoms with E-state index in [2.05, 4.69) is 9.84 Å². The lowest BCUT2D eigenvalue weighted by molar-refractivity contribution is -0.385. The van der Waals surface area contributed by atoms with Crippen LogP contribution in [-0.4, -0.2) is 63.6 Å². The standard InChI is InChI=1S/C23H30N4O7/c1-23(2,3)34-22(29)25-12-6-5-7-18(25)15-33-14-16-8-10-17(11-9-16)26-13-19(27(30)31)20(24-26)21(28)32-4/h8-11,13,18H,5-7,12,14-15H2,1-4H3. The quantitative estimate of drug-likeness (QED) is 0.336. The third-order valence-electron chi connectivity index (χ3n) is 5.31. The number of aromatic nitrogens is 2. The molecule has 2 aromatic rings. The van der Waals surface area contributed by atoms with Crippen LogP contribution < -0.4 is 0 Å². The number of nitrogens with zero attached hydrogens (tertiary/aromatic N) is 4. The highest BCUT2D eigenvalue weighted by atomic mass is 16.6. The van der Waals surface area contributed by atoms with Crippen molar-refractivity contribution in [1.82, 2.24) is 14.7 Å². The molecule has 1 fully saturated rings. The SMILES string of the molecule is COC(=O)c1nn(-c2ccc(COCC3CCCCN3C(=O)OC(C)(C)C)cc2)cc1[N+](=O)[O-]. The van der Waals surface area contributed by atoms with Crippen LogP contribution in [0.4, 0.5) is 10.5 Å². The number of nitro groups is 1.